The number of amides is 1. The minimum atomic E-state index is -4.06. The molecule has 144 valence electrons. The lowest BCUT2D eigenvalue weighted by Crippen LogP contribution is -2.28. The number of rotatable bonds is 5. The normalized spacial score (nSPS) is 14.3. The monoisotopic (exact) mass is 428 g/mol. The molecular formula is C18H18Cl2N2O4S. The molecule has 0 aromatic heterocycles. The van der Waals surface area contributed by atoms with Gasteiger partial charge in [0.25, 0.3) is 15.9 Å². The molecule has 1 amide bonds. The number of anilines is 1. The molecule has 2 aromatic carbocycles. The van der Waals surface area contributed by atoms with Gasteiger partial charge in [-0.25, -0.2) is 8.42 Å². The molecule has 2 aromatic rings. The highest BCUT2D eigenvalue weighted by Crippen LogP contribution is 2.37. The maximum absolute atomic E-state index is 12.9. The van der Waals surface area contributed by atoms with E-state index in [1.54, 1.807) is 29.2 Å². The fraction of sp³-hybridized carbons (Fsp3) is 0.278. The molecule has 1 N–H and O–H groups in total. The van der Waals surface area contributed by atoms with Gasteiger partial charge in [0, 0.05) is 13.1 Å². The molecule has 1 saturated heterocycles. The molecule has 0 saturated carbocycles. The molecular weight excluding hydrogens is 411 g/mol. The maximum Gasteiger partial charge on any atom is 0.263 e. The van der Waals surface area contributed by atoms with Crippen LogP contribution in [0.25, 0.3) is 0 Å². The van der Waals surface area contributed by atoms with Gasteiger partial charge in [-0.1, -0.05) is 35.3 Å². The van der Waals surface area contributed by atoms with Crippen LogP contribution in [0.15, 0.2) is 41.3 Å². The third-order valence-corrected chi connectivity index (χ3v) is 6.70. The van der Waals surface area contributed by atoms with Crippen molar-refractivity contribution < 1.29 is 17.9 Å². The zero-order valence-electron chi connectivity index (χ0n) is 14.5. The lowest BCUT2D eigenvalue weighted by molar-refractivity contribution is 0.0794. The average molecular weight is 429 g/mol. The van der Waals surface area contributed by atoms with Crippen LogP contribution < -0.4 is 9.46 Å². The Kier molecular flexibility index (Phi) is 5.83. The number of sulfonamides is 1. The van der Waals surface area contributed by atoms with Gasteiger partial charge >= 0.3 is 0 Å². The Hall–Kier alpha value is -1.96. The van der Waals surface area contributed by atoms with Crippen molar-refractivity contribution in [3.05, 3.63) is 52.0 Å². The van der Waals surface area contributed by atoms with Crippen molar-refractivity contribution in [3.63, 3.8) is 0 Å². The standard InChI is InChI=1S/C18H18Cl2N2O4S/c1-26-14-8-9-15(17(20)16(14)19)27(24,25)21-13-7-3-2-6-12(13)18(23)22-10-4-5-11-22/h2-3,6-9,21H,4-5,10-11H2,1H3. The van der Waals surface area contributed by atoms with Crippen molar-refractivity contribution in [1.82, 2.24) is 4.90 Å². The average Bonchev–Trinajstić information content (AvgIpc) is 3.18. The fourth-order valence-electron chi connectivity index (χ4n) is 2.93. The van der Waals surface area contributed by atoms with E-state index in [4.69, 9.17) is 27.9 Å². The molecule has 1 heterocycles. The zero-order chi connectivity index (χ0) is 19.6. The number of hydrogen-bond donors (Lipinski definition) is 1. The fourth-order valence-corrected chi connectivity index (χ4v) is 4.85. The topological polar surface area (TPSA) is 75.7 Å². The first-order valence-electron chi connectivity index (χ1n) is 8.28. The van der Waals surface area contributed by atoms with Crippen LogP contribution in [0.3, 0.4) is 0 Å². The first kappa shape index (κ1) is 19.8. The van der Waals surface area contributed by atoms with E-state index in [2.05, 4.69) is 4.72 Å². The highest BCUT2D eigenvalue weighted by molar-refractivity contribution is 7.92. The summed E-state index contributed by atoms with van der Waals surface area (Å²) < 4.78 is 33.2. The van der Waals surface area contributed by atoms with Gasteiger partial charge in [-0.15, -0.1) is 0 Å². The summed E-state index contributed by atoms with van der Waals surface area (Å²) in [6, 6.07) is 9.21. The summed E-state index contributed by atoms with van der Waals surface area (Å²) in [6.07, 6.45) is 1.89. The Balaban J connectivity index is 1.96. The lowest BCUT2D eigenvalue weighted by Gasteiger charge is -2.18. The summed E-state index contributed by atoms with van der Waals surface area (Å²) in [5, 5.41) is -0.143. The Morgan fingerprint density at radius 1 is 1.07 bits per heavy atom. The number of para-hydroxylation sites is 1. The molecule has 0 atom stereocenters. The van der Waals surface area contributed by atoms with Crippen molar-refractivity contribution >= 4 is 44.8 Å². The van der Waals surface area contributed by atoms with Crippen LogP contribution in [0.2, 0.25) is 10.0 Å². The molecule has 1 fully saturated rings. The largest absolute Gasteiger partial charge is 0.495 e. The number of nitrogens with zero attached hydrogens (tertiary/aromatic N) is 1. The van der Waals surface area contributed by atoms with Gasteiger partial charge in [0.15, 0.2) is 0 Å². The van der Waals surface area contributed by atoms with Crippen molar-refractivity contribution in [1.29, 1.82) is 0 Å². The van der Waals surface area contributed by atoms with E-state index in [1.807, 2.05) is 0 Å². The van der Waals surface area contributed by atoms with Crippen molar-refractivity contribution in [3.8, 4) is 5.75 Å². The van der Waals surface area contributed by atoms with E-state index >= 15 is 0 Å². The second-order valence-corrected chi connectivity index (χ2v) is 8.45. The summed E-state index contributed by atoms with van der Waals surface area (Å²) in [5.41, 5.74) is 0.483. The van der Waals surface area contributed by atoms with Crippen LogP contribution >= 0.6 is 23.2 Å². The van der Waals surface area contributed by atoms with E-state index in [-0.39, 0.29) is 32.3 Å². The van der Waals surface area contributed by atoms with Gasteiger partial charge in [-0.3, -0.25) is 9.52 Å². The van der Waals surface area contributed by atoms with Gasteiger partial charge in [0.1, 0.15) is 15.7 Å². The van der Waals surface area contributed by atoms with Crippen LogP contribution in [-0.4, -0.2) is 39.4 Å². The number of likely N-dealkylation sites (tertiary alicyclic amines) is 1. The van der Waals surface area contributed by atoms with E-state index in [0.717, 1.165) is 12.8 Å². The highest BCUT2D eigenvalue weighted by Gasteiger charge is 2.26. The first-order chi connectivity index (χ1) is 12.8. The third-order valence-electron chi connectivity index (χ3n) is 4.32. The Morgan fingerprint density at radius 3 is 2.41 bits per heavy atom. The van der Waals surface area contributed by atoms with Crippen molar-refractivity contribution in [2.45, 2.75) is 17.7 Å². The lowest BCUT2D eigenvalue weighted by atomic mass is 10.1. The van der Waals surface area contributed by atoms with Crippen LogP contribution in [0.4, 0.5) is 5.69 Å². The van der Waals surface area contributed by atoms with Crippen LogP contribution in [0.5, 0.6) is 5.75 Å². The molecule has 27 heavy (non-hydrogen) atoms. The van der Waals surface area contributed by atoms with E-state index in [0.29, 0.717) is 18.7 Å². The minimum absolute atomic E-state index is 0.00321. The Labute approximate surface area is 168 Å². The number of carbonyl (C=O) groups is 1. The Morgan fingerprint density at radius 2 is 1.74 bits per heavy atom. The number of carbonyl (C=O) groups excluding carboxylic acids is 1. The Bertz CT molecular complexity index is 973. The predicted molar refractivity (Wildman–Crippen MR) is 105 cm³/mol. The minimum Gasteiger partial charge on any atom is -0.495 e. The molecule has 6 nitrogen and oxygen atoms in total. The molecule has 9 heteroatoms. The molecule has 0 unspecified atom stereocenters. The number of benzene rings is 2. The summed E-state index contributed by atoms with van der Waals surface area (Å²) in [5.74, 6) is 0.0647. The zero-order valence-corrected chi connectivity index (χ0v) is 16.9. The molecule has 1 aliphatic rings. The van der Waals surface area contributed by atoms with Crippen LogP contribution in [-0.2, 0) is 10.0 Å². The summed E-state index contributed by atoms with van der Waals surface area (Å²) in [4.78, 5) is 14.2. The number of nitrogens with one attached hydrogen (secondary N) is 1. The molecule has 1 aliphatic heterocycles. The SMILES string of the molecule is COc1ccc(S(=O)(=O)Nc2ccccc2C(=O)N2CCCC2)c(Cl)c1Cl. The smallest absolute Gasteiger partial charge is 0.263 e. The number of hydrogen-bond acceptors (Lipinski definition) is 4. The molecule has 0 spiro atoms. The van der Waals surface area contributed by atoms with Crippen LogP contribution in [0.1, 0.15) is 23.2 Å². The van der Waals surface area contributed by atoms with Crippen molar-refractivity contribution in [2.75, 3.05) is 24.9 Å². The molecule has 0 aliphatic carbocycles. The quantitative estimate of drug-likeness (QED) is 0.779. The van der Waals surface area contributed by atoms with Gasteiger partial charge < -0.3 is 9.64 Å². The third kappa shape index (κ3) is 4.00. The van der Waals surface area contributed by atoms with E-state index < -0.39 is 10.0 Å². The first-order valence-corrected chi connectivity index (χ1v) is 10.5. The van der Waals surface area contributed by atoms with Gasteiger partial charge in [0.2, 0.25) is 0 Å². The van der Waals surface area contributed by atoms with Gasteiger partial charge in [0.05, 0.1) is 23.4 Å². The van der Waals surface area contributed by atoms with Crippen LogP contribution in [0, 0.1) is 0 Å². The van der Waals surface area contributed by atoms with E-state index in [9.17, 15) is 13.2 Å². The summed E-state index contributed by atoms with van der Waals surface area (Å²) >= 11 is 12.2. The van der Waals surface area contributed by atoms with Crippen molar-refractivity contribution in [2.24, 2.45) is 0 Å². The van der Waals surface area contributed by atoms with Gasteiger partial charge in [-0.05, 0) is 37.1 Å². The predicted octanol–water partition coefficient (Wildman–Crippen LogP) is 4.04. The number of methoxy groups -OCH3 is 1. The second kappa shape index (κ2) is 7.96. The highest BCUT2D eigenvalue weighted by atomic mass is 35.5. The molecule has 0 radical (unpaired) electrons. The van der Waals surface area contributed by atoms with E-state index in [1.165, 1.54) is 19.2 Å². The molecule has 0 bridgehead atoms. The number of halogens is 2. The molecule has 3 rings (SSSR count). The summed E-state index contributed by atoms with van der Waals surface area (Å²) in [7, 11) is -2.66. The number of ether oxygens (including phenoxy) is 1. The second-order valence-electron chi connectivity index (χ2n) is 6.04. The summed E-state index contributed by atoms with van der Waals surface area (Å²) in [6.45, 7) is 1.33. The van der Waals surface area contributed by atoms with Gasteiger partial charge in [-0.2, -0.15) is 0 Å². The maximum atomic E-state index is 12.9.